The molecule has 0 aromatic carbocycles. The second kappa shape index (κ2) is 16.0. The van der Waals surface area contributed by atoms with Gasteiger partial charge < -0.3 is 5.11 Å². The second-order valence-electron chi connectivity index (χ2n) is 4.72. The molecule has 0 aliphatic rings. The van der Waals surface area contributed by atoms with Crippen LogP contribution >= 0.6 is 0 Å². The maximum atomic E-state index is 8.66. The van der Waals surface area contributed by atoms with Crippen LogP contribution in [0.1, 0.15) is 102 Å². The topological polar surface area (TPSA) is 20.2 Å². The van der Waals surface area contributed by atoms with Gasteiger partial charge in [-0.3, -0.25) is 0 Å². The molecule has 0 aliphatic carbocycles. The quantitative estimate of drug-likeness (QED) is 0.403. The molecular weight excluding hydrogens is 208 g/mol. The molecule has 0 bridgehead atoms. The summed E-state index contributed by atoms with van der Waals surface area (Å²) in [5, 5.41) is 8.66. The molecule has 0 aromatic heterocycles. The minimum Gasteiger partial charge on any atom is -0.396 e. The zero-order chi connectivity index (χ0) is 16.2. The van der Waals surface area contributed by atoms with Crippen molar-refractivity contribution in [2.45, 2.75) is 96.7 Å². The Morgan fingerprint density at radius 2 is 1.06 bits per heavy atom. The van der Waals surface area contributed by atoms with Crippen LogP contribution in [0.4, 0.5) is 0 Å². The minimum absolute atomic E-state index is 0.232. The Morgan fingerprint density at radius 3 is 1.47 bits per heavy atom. The first-order chi connectivity index (χ1) is 9.87. The van der Waals surface area contributed by atoms with Crippen LogP contribution in [0.25, 0.3) is 0 Å². The largest absolute Gasteiger partial charge is 0.396 e. The maximum absolute atomic E-state index is 8.66. The summed E-state index contributed by atoms with van der Waals surface area (Å²) in [5.41, 5.74) is 0. The normalized spacial score (nSPS) is 16.1. The molecule has 0 spiro atoms. The Bertz CT molecular complexity index is 244. The summed E-state index contributed by atoms with van der Waals surface area (Å²) >= 11 is 0. The smallest absolute Gasteiger partial charge is 0.0431 e. The lowest BCUT2D eigenvalue weighted by Gasteiger charge is -2.02. The van der Waals surface area contributed by atoms with E-state index in [-0.39, 0.29) is 6.42 Å². The number of aliphatic hydroxyl groups excluding tert-OH is 1. The first-order valence-corrected chi connectivity index (χ1v) is 7.48. The molecular formula is C16H34O. The fourth-order valence-corrected chi connectivity index (χ4v) is 1.95. The predicted octanol–water partition coefficient (Wildman–Crippen LogP) is 5.46. The lowest BCUT2D eigenvalue weighted by atomic mass is 10.0. The van der Waals surface area contributed by atoms with Crippen LogP contribution in [0.15, 0.2) is 0 Å². The standard InChI is InChI=1S/C16H34O/c1-2-3-4-5-6-7-8-9-10-11-12-13-14-15-16-17/h17H,2-16H2,1H3/i3D2,4D2. The molecule has 0 heterocycles. The predicted molar refractivity (Wildman–Crippen MR) is 77.4 cm³/mol. The van der Waals surface area contributed by atoms with Crippen molar-refractivity contribution in [2.75, 3.05) is 6.61 Å². The van der Waals surface area contributed by atoms with E-state index in [0.29, 0.717) is 13.0 Å². The molecule has 0 radical (unpaired) electrons. The Kier molecular flexibility index (Phi) is 10.2. The summed E-state index contributed by atoms with van der Waals surface area (Å²) in [6.07, 6.45) is 8.27. The van der Waals surface area contributed by atoms with Gasteiger partial charge in [-0.2, -0.15) is 0 Å². The van der Waals surface area contributed by atoms with Crippen LogP contribution in [0.3, 0.4) is 0 Å². The molecule has 0 aliphatic heterocycles. The molecule has 0 amide bonds. The highest BCUT2D eigenvalue weighted by Gasteiger charge is 1.93. The van der Waals surface area contributed by atoms with E-state index < -0.39 is 12.7 Å². The summed E-state index contributed by atoms with van der Waals surface area (Å²) in [6, 6.07) is 0. The van der Waals surface area contributed by atoms with E-state index in [0.717, 1.165) is 32.1 Å². The molecule has 104 valence electrons. The van der Waals surface area contributed by atoms with Gasteiger partial charge in [0.2, 0.25) is 0 Å². The van der Waals surface area contributed by atoms with Gasteiger partial charge in [0.15, 0.2) is 0 Å². The zero-order valence-electron chi connectivity index (χ0n) is 15.6. The van der Waals surface area contributed by atoms with Crippen molar-refractivity contribution in [3.63, 3.8) is 0 Å². The monoisotopic (exact) mass is 246 g/mol. The van der Waals surface area contributed by atoms with Gasteiger partial charge in [0.1, 0.15) is 0 Å². The third-order valence-electron chi connectivity index (χ3n) is 3.01. The van der Waals surface area contributed by atoms with Crippen molar-refractivity contribution in [3.8, 4) is 0 Å². The summed E-state index contributed by atoms with van der Waals surface area (Å²) in [6.45, 7) is 2.02. The van der Waals surface area contributed by atoms with Crippen molar-refractivity contribution in [1.29, 1.82) is 0 Å². The van der Waals surface area contributed by atoms with Crippen LogP contribution < -0.4 is 0 Å². The molecule has 0 unspecified atom stereocenters. The van der Waals surface area contributed by atoms with E-state index >= 15 is 0 Å². The minimum atomic E-state index is -1.71. The summed E-state index contributed by atoms with van der Waals surface area (Å²) in [7, 11) is 0. The molecule has 0 fully saturated rings. The van der Waals surface area contributed by atoms with Crippen molar-refractivity contribution in [1.82, 2.24) is 0 Å². The lowest BCUT2D eigenvalue weighted by Crippen LogP contribution is -1.84. The molecule has 1 N–H and O–H groups in total. The Balaban J connectivity index is 3.44. The van der Waals surface area contributed by atoms with Gasteiger partial charge in [0, 0.05) is 12.1 Å². The molecule has 0 atom stereocenters. The van der Waals surface area contributed by atoms with Crippen molar-refractivity contribution in [2.24, 2.45) is 0 Å². The van der Waals surface area contributed by atoms with Gasteiger partial charge in [-0.05, 0) is 6.42 Å². The third-order valence-corrected chi connectivity index (χ3v) is 3.01. The van der Waals surface area contributed by atoms with Gasteiger partial charge in [-0.1, -0.05) is 90.3 Å². The molecule has 1 heteroatoms. The van der Waals surface area contributed by atoms with Crippen molar-refractivity contribution >= 4 is 0 Å². The lowest BCUT2D eigenvalue weighted by molar-refractivity contribution is 0.282. The van der Waals surface area contributed by atoms with Gasteiger partial charge in [0.25, 0.3) is 0 Å². The zero-order valence-corrected chi connectivity index (χ0v) is 11.6. The van der Waals surface area contributed by atoms with Crippen LogP contribution in [-0.2, 0) is 0 Å². The van der Waals surface area contributed by atoms with E-state index in [1.165, 1.54) is 32.1 Å². The van der Waals surface area contributed by atoms with E-state index in [1.807, 2.05) is 0 Å². The summed E-state index contributed by atoms with van der Waals surface area (Å²) in [4.78, 5) is 0. The van der Waals surface area contributed by atoms with Gasteiger partial charge >= 0.3 is 0 Å². The van der Waals surface area contributed by atoms with Gasteiger partial charge in [-0.25, -0.2) is 0 Å². The SMILES string of the molecule is [2H]C([2H])(CC)C([2H])([2H])CCCCCCCCCCCCO. The molecule has 0 saturated heterocycles. The average Bonchev–Trinajstić information content (AvgIpc) is 2.44. The number of unbranched alkanes of at least 4 members (excludes halogenated alkanes) is 9. The van der Waals surface area contributed by atoms with E-state index in [2.05, 4.69) is 0 Å². The highest BCUT2D eigenvalue weighted by atomic mass is 16.2. The van der Waals surface area contributed by atoms with E-state index in [1.54, 1.807) is 6.92 Å². The fourth-order valence-electron chi connectivity index (χ4n) is 1.95. The molecule has 1 nitrogen and oxygen atoms in total. The third kappa shape index (κ3) is 16.0. The number of aliphatic hydroxyl groups is 1. The number of hydrogen-bond donors (Lipinski definition) is 1. The van der Waals surface area contributed by atoms with Crippen LogP contribution in [0.2, 0.25) is 0 Å². The first kappa shape index (κ1) is 10.8. The van der Waals surface area contributed by atoms with Crippen LogP contribution in [0, 0.1) is 0 Å². The highest BCUT2D eigenvalue weighted by Crippen LogP contribution is 2.12. The first-order valence-electron chi connectivity index (χ1n) is 9.48. The van der Waals surface area contributed by atoms with Crippen molar-refractivity contribution < 1.29 is 10.6 Å². The maximum Gasteiger partial charge on any atom is 0.0431 e. The molecule has 0 rings (SSSR count). The Hall–Kier alpha value is -0.0400. The average molecular weight is 246 g/mol. The molecule has 0 aromatic rings. The van der Waals surface area contributed by atoms with Crippen molar-refractivity contribution in [3.05, 3.63) is 0 Å². The summed E-state index contributed by atoms with van der Waals surface area (Å²) < 4.78 is 31.0. The van der Waals surface area contributed by atoms with E-state index in [4.69, 9.17) is 10.6 Å². The second-order valence-corrected chi connectivity index (χ2v) is 4.72. The number of hydrogen-bond acceptors (Lipinski definition) is 1. The van der Waals surface area contributed by atoms with E-state index in [9.17, 15) is 0 Å². The van der Waals surface area contributed by atoms with Crippen LogP contribution in [0.5, 0.6) is 0 Å². The Morgan fingerprint density at radius 1 is 0.647 bits per heavy atom. The van der Waals surface area contributed by atoms with Gasteiger partial charge in [-0.15, -0.1) is 0 Å². The Labute approximate surface area is 115 Å². The molecule has 0 saturated carbocycles. The summed E-state index contributed by atoms with van der Waals surface area (Å²) in [5.74, 6) is 0. The number of rotatable bonds is 14. The van der Waals surface area contributed by atoms with Gasteiger partial charge in [0.05, 0.1) is 0 Å². The van der Waals surface area contributed by atoms with Crippen LogP contribution in [-0.4, -0.2) is 11.7 Å². The fraction of sp³-hybridized carbons (Fsp3) is 1.00. The highest BCUT2D eigenvalue weighted by molar-refractivity contribution is 4.48. The molecule has 17 heavy (non-hydrogen) atoms.